The van der Waals surface area contributed by atoms with Crippen molar-refractivity contribution in [3.05, 3.63) is 36.4 Å². The zero-order chi connectivity index (χ0) is 8.55. The first-order valence-electron chi connectivity index (χ1n) is 3.50. The number of nitrogens with zero attached hydrogens (tertiary/aromatic N) is 1. The highest BCUT2D eigenvalue weighted by Crippen LogP contribution is 2.25. The third-order valence-corrected chi connectivity index (χ3v) is 1.74. The molecule has 2 nitrogen and oxygen atoms in total. The fourth-order valence-corrected chi connectivity index (χ4v) is 1.13. The molecule has 2 rings (SSSR count). The monoisotopic (exact) mass is 163 g/mol. The molecule has 0 aliphatic heterocycles. The molecule has 0 aliphatic carbocycles. The molecule has 12 heavy (non-hydrogen) atoms. The minimum Gasteiger partial charge on any atom is -0.504 e. The highest BCUT2D eigenvalue weighted by atomic mass is 19.1. The van der Waals surface area contributed by atoms with Gasteiger partial charge >= 0.3 is 0 Å². The molecule has 1 aromatic carbocycles. The lowest BCUT2D eigenvalue weighted by Crippen LogP contribution is -1.79. The zero-order valence-corrected chi connectivity index (χ0v) is 6.16. The molecule has 0 amide bonds. The third-order valence-electron chi connectivity index (χ3n) is 1.74. The van der Waals surface area contributed by atoms with Crippen LogP contribution in [0.25, 0.3) is 10.8 Å². The molecule has 1 N–H and O–H groups in total. The first kappa shape index (κ1) is 7.03. The summed E-state index contributed by atoms with van der Waals surface area (Å²) in [7, 11) is 0. The highest BCUT2D eigenvalue weighted by Gasteiger charge is 2.03. The Balaban J connectivity index is 2.91. The molecule has 2 aromatic rings. The number of benzene rings is 1. The van der Waals surface area contributed by atoms with E-state index in [4.69, 9.17) is 0 Å². The lowest BCUT2D eigenvalue weighted by Gasteiger charge is -1.99. The number of halogens is 1. The molecule has 1 aromatic heterocycles. The maximum atomic E-state index is 12.8. The fraction of sp³-hybridized carbons (Fsp3) is 0. The predicted octanol–water partition coefficient (Wildman–Crippen LogP) is 2.08. The molecule has 0 aliphatic rings. The summed E-state index contributed by atoms with van der Waals surface area (Å²) in [5, 5.41) is 10.5. The first-order chi connectivity index (χ1) is 5.79. The Morgan fingerprint density at radius 1 is 1.25 bits per heavy atom. The van der Waals surface area contributed by atoms with Gasteiger partial charge in [-0.2, -0.15) is 0 Å². The Labute approximate surface area is 68.3 Å². The van der Waals surface area contributed by atoms with Crippen molar-refractivity contribution in [2.24, 2.45) is 0 Å². The molecule has 0 saturated heterocycles. The first-order valence-corrected chi connectivity index (χ1v) is 3.50. The van der Waals surface area contributed by atoms with Crippen molar-refractivity contribution < 1.29 is 9.50 Å². The second-order valence-electron chi connectivity index (χ2n) is 2.49. The van der Waals surface area contributed by atoms with E-state index < -0.39 is 5.82 Å². The normalized spacial score (nSPS) is 10.4. The van der Waals surface area contributed by atoms with Crippen LogP contribution in [0.2, 0.25) is 0 Å². The number of aromatic hydroxyl groups is 1. The van der Waals surface area contributed by atoms with Crippen LogP contribution >= 0.6 is 0 Å². The summed E-state index contributed by atoms with van der Waals surface area (Å²) < 4.78 is 12.8. The Hall–Kier alpha value is -1.64. The summed E-state index contributed by atoms with van der Waals surface area (Å²) in [5.41, 5.74) is 0. The van der Waals surface area contributed by atoms with Crippen LogP contribution in [-0.2, 0) is 0 Å². The molecule has 3 heteroatoms. The van der Waals surface area contributed by atoms with Crippen molar-refractivity contribution >= 4 is 10.8 Å². The molecule has 0 spiro atoms. The largest absolute Gasteiger partial charge is 0.504 e. The number of fused-ring (bicyclic) bond motifs is 1. The van der Waals surface area contributed by atoms with Crippen LogP contribution in [0.15, 0.2) is 30.6 Å². The molecule has 0 bridgehead atoms. The van der Waals surface area contributed by atoms with E-state index in [1.165, 1.54) is 12.3 Å². The number of hydrogen-bond acceptors (Lipinski definition) is 2. The SMILES string of the molecule is Oc1c(F)ccc2cnccc12. The van der Waals surface area contributed by atoms with Crippen molar-refractivity contribution in [2.75, 3.05) is 0 Å². The van der Waals surface area contributed by atoms with Gasteiger partial charge in [-0.05, 0) is 18.2 Å². The second kappa shape index (κ2) is 2.44. The second-order valence-corrected chi connectivity index (χ2v) is 2.49. The number of phenolic OH excluding ortho intramolecular Hbond substituents is 1. The van der Waals surface area contributed by atoms with E-state index in [2.05, 4.69) is 4.98 Å². The molecule has 0 saturated carbocycles. The van der Waals surface area contributed by atoms with E-state index in [1.807, 2.05) is 0 Å². The number of aromatic nitrogens is 1. The van der Waals surface area contributed by atoms with Crippen molar-refractivity contribution in [1.82, 2.24) is 4.98 Å². The van der Waals surface area contributed by atoms with Crippen LogP contribution in [0.3, 0.4) is 0 Å². The maximum absolute atomic E-state index is 12.8. The van der Waals surface area contributed by atoms with Gasteiger partial charge in [0.05, 0.1) is 0 Å². The summed E-state index contributed by atoms with van der Waals surface area (Å²) in [5.74, 6) is -0.913. The van der Waals surface area contributed by atoms with E-state index in [0.717, 1.165) is 5.39 Å². The van der Waals surface area contributed by atoms with Gasteiger partial charge in [-0.15, -0.1) is 0 Å². The molecule has 0 fully saturated rings. The molecular formula is C9H6FNO. The fourth-order valence-electron chi connectivity index (χ4n) is 1.13. The smallest absolute Gasteiger partial charge is 0.165 e. The van der Waals surface area contributed by atoms with E-state index in [9.17, 15) is 9.50 Å². The summed E-state index contributed by atoms with van der Waals surface area (Å²) in [6.45, 7) is 0. The molecule has 60 valence electrons. The average Bonchev–Trinajstić information content (AvgIpc) is 2.12. The van der Waals surface area contributed by atoms with Crippen molar-refractivity contribution in [2.45, 2.75) is 0 Å². The van der Waals surface area contributed by atoms with Crippen LogP contribution in [0.1, 0.15) is 0 Å². The molecular weight excluding hydrogens is 157 g/mol. The number of phenols is 1. The van der Waals surface area contributed by atoms with Gasteiger partial charge in [-0.25, -0.2) is 4.39 Å². The highest BCUT2D eigenvalue weighted by molar-refractivity contribution is 5.87. The quantitative estimate of drug-likeness (QED) is 0.645. The lowest BCUT2D eigenvalue weighted by atomic mass is 10.1. The van der Waals surface area contributed by atoms with E-state index in [0.29, 0.717) is 5.39 Å². The van der Waals surface area contributed by atoms with Crippen molar-refractivity contribution in [1.29, 1.82) is 0 Å². The standard InChI is InChI=1S/C9H6FNO/c10-8-2-1-6-5-11-4-3-7(6)9(8)12/h1-5,12H. The van der Waals surface area contributed by atoms with Gasteiger partial charge < -0.3 is 5.11 Å². The number of pyridine rings is 1. The Morgan fingerprint density at radius 3 is 2.92 bits per heavy atom. The van der Waals surface area contributed by atoms with Crippen molar-refractivity contribution in [3.8, 4) is 5.75 Å². The Bertz CT molecular complexity index is 428. The third kappa shape index (κ3) is 0.906. The average molecular weight is 163 g/mol. The molecule has 0 unspecified atom stereocenters. The predicted molar refractivity (Wildman–Crippen MR) is 43.4 cm³/mol. The van der Waals surface area contributed by atoms with E-state index in [1.54, 1.807) is 18.3 Å². The van der Waals surface area contributed by atoms with Crippen LogP contribution in [-0.4, -0.2) is 10.1 Å². The van der Waals surface area contributed by atoms with Gasteiger partial charge in [-0.3, -0.25) is 4.98 Å². The number of rotatable bonds is 0. The summed E-state index contributed by atoms with van der Waals surface area (Å²) in [6, 6.07) is 4.38. The van der Waals surface area contributed by atoms with Crippen LogP contribution in [0, 0.1) is 5.82 Å². The lowest BCUT2D eigenvalue weighted by molar-refractivity contribution is 0.439. The van der Waals surface area contributed by atoms with Gasteiger partial charge in [-0.1, -0.05) is 0 Å². The van der Waals surface area contributed by atoms with Crippen LogP contribution < -0.4 is 0 Å². The van der Waals surface area contributed by atoms with E-state index >= 15 is 0 Å². The molecule has 0 atom stereocenters. The Kier molecular flexibility index (Phi) is 1.43. The summed E-state index contributed by atoms with van der Waals surface area (Å²) >= 11 is 0. The number of hydrogen-bond donors (Lipinski definition) is 1. The van der Waals surface area contributed by atoms with Crippen molar-refractivity contribution in [3.63, 3.8) is 0 Å². The topological polar surface area (TPSA) is 33.1 Å². The van der Waals surface area contributed by atoms with Gasteiger partial charge in [0.25, 0.3) is 0 Å². The van der Waals surface area contributed by atoms with E-state index in [-0.39, 0.29) is 5.75 Å². The minimum absolute atomic E-state index is 0.310. The van der Waals surface area contributed by atoms with Gasteiger partial charge in [0, 0.05) is 23.2 Å². The zero-order valence-electron chi connectivity index (χ0n) is 6.16. The van der Waals surface area contributed by atoms with Gasteiger partial charge in [0.15, 0.2) is 11.6 Å². The van der Waals surface area contributed by atoms with Gasteiger partial charge in [0.1, 0.15) is 0 Å². The Morgan fingerprint density at radius 2 is 2.08 bits per heavy atom. The summed E-state index contributed by atoms with van der Waals surface area (Å²) in [4.78, 5) is 3.85. The minimum atomic E-state index is -0.603. The van der Waals surface area contributed by atoms with Crippen LogP contribution in [0.5, 0.6) is 5.75 Å². The van der Waals surface area contributed by atoms with Gasteiger partial charge in [0.2, 0.25) is 0 Å². The maximum Gasteiger partial charge on any atom is 0.165 e. The summed E-state index contributed by atoms with van der Waals surface area (Å²) in [6.07, 6.45) is 3.09. The molecule has 1 heterocycles. The molecule has 0 radical (unpaired) electrons. The van der Waals surface area contributed by atoms with Crippen LogP contribution in [0.4, 0.5) is 4.39 Å².